The van der Waals surface area contributed by atoms with E-state index in [2.05, 4.69) is 0 Å². The molecule has 0 aromatic heterocycles. The molecule has 0 bridgehead atoms. The fourth-order valence-corrected chi connectivity index (χ4v) is 4.50. The molecule has 0 unspecified atom stereocenters. The molecule has 2 aliphatic rings. The smallest absolute Gasteiger partial charge is 0.258 e. The molecule has 0 N–H and O–H groups in total. The molecule has 7 heteroatoms. The lowest BCUT2D eigenvalue weighted by Gasteiger charge is -2.33. The summed E-state index contributed by atoms with van der Waals surface area (Å²) in [5.74, 6) is -0.0676. The van der Waals surface area contributed by atoms with Crippen molar-refractivity contribution in [3.63, 3.8) is 0 Å². The van der Waals surface area contributed by atoms with Crippen LogP contribution in [-0.4, -0.2) is 54.4 Å². The van der Waals surface area contributed by atoms with Gasteiger partial charge in [0.1, 0.15) is 11.6 Å². The maximum atomic E-state index is 14.1. The predicted octanol–water partition coefficient (Wildman–Crippen LogP) is 4.65. The third-order valence-corrected chi connectivity index (χ3v) is 6.28. The third-order valence-electron chi connectivity index (χ3n) is 5.96. The highest BCUT2D eigenvalue weighted by Gasteiger charge is 2.28. The molecule has 2 aromatic rings. The fourth-order valence-electron chi connectivity index (χ4n) is 4.26. The minimum Gasteiger partial charge on any atom is -0.493 e. The monoisotopic (exact) mass is 444 g/mol. The minimum atomic E-state index is -0.598. The number of hydrogen-bond donors (Lipinski definition) is 0. The molecule has 164 valence electrons. The number of amides is 2. The van der Waals surface area contributed by atoms with Crippen LogP contribution in [0.2, 0.25) is 5.02 Å². The Hall–Kier alpha value is -2.60. The number of benzene rings is 2. The van der Waals surface area contributed by atoms with Gasteiger partial charge in [-0.2, -0.15) is 0 Å². The summed E-state index contributed by atoms with van der Waals surface area (Å²) < 4.78 is 20.1. The number of halogens is 2. The first-order chi connectivity index (χ1) is 15.0. The number of carbonyl (C=O) groups is 2. The lowest BCUT2D eigenvalue weighted by Crippen LogP contribution is -2.42. The first-order valence-electron chi connectivity index (χ1n) is 10.8. The van der Waals surface area contributed by atoms with Gasteiger partial charge in [-0.1, -0.05) is 17.7 Å². The maximum absolute atomic E-state index is 14.1. The van der Waals surface area contributed by atoms with Crippen molar-refractivity contribution in [2.24, 2.45) is 5.92 Å². The van der Waals surface area contributed by atoms with Crippen LogP contribution in [0.5, 0.6) is 5.75 Å². The van der Waals surface area contributed by atoms with Crippen molar-refractivity contribution in [3.8, 4) is 5.75 Å². The second kappa shape index (κ2) is 9.69. The van der Waals surface area contributed by atoms with Crippen LogP contribution in [0.3, 0.4) is 0 Å². The van der Waals surface area contributed by atoms with Crippen molar-refractivity contribution in [1.29, 1.82) is 0 Å². The summed E-state index contributed by atoms with van der Waals surface area (Å²) >= 11 is 6.06. The summed E-state index contributed by atoms with van der Waals surface area (Å²) in [5.41, 5.74) is 0.606. The van der Waals surface area contributed by atoms with Crippen LogP contribution >= 0.6 is 11.6 Å². The van der Waals surface area contributed by atoms with E-state index in [0.717, 1.165) is 38.8 Å². The summed E-state index contributed by atoms with van der Waals surface area (Å²) in [6, 6.07) is 11.5. The van der Waals surface area contributed by atoms with E-state index in [-0.39, 0.29) is 28.3 Å². The van der Waals surface area contributed by atoms with Gasteiger partial charge in [-0.25, -0.2) is 4.39 Å². The van der Waals surface area contributed by atoms with Gasteiger partial charge >= 0.3 is 0 Å². The molecule has 2 aliphatic heterocycles. The summed E-state index contributed by atoms with van der Waals surface area (Å²) in [7, 11) is 0. The largest absolute Gasteiger partial charge is 0.493 e. The molecule has 1 atom stereocenters. The lowest BCUT2D eigenvalue weighted by atomic mass is 9.98. The quantitative estimate of drug-likeness (QED) is 0.674. The molecule has 0 saturated carbocycles. The Balaban J connectivity index is 1.32. The van der Waals surface area contributed by atoms with E-state index in [9.17, 15) is 14.0 Å². The number of rotatable bonds is 5. The zero-order chi connectivity index (χ0) is 21.8. The van der Waals surface area contributed by atoms with Gasteiger partial charge < -0.3 is 14.5 Å². The number of nitrogens with zero attached hydrogens (tertiary/aromatic N) is 2. The Labute approximate surface area is 186 Å². The molecule has 31 heavy (non-hydrogen) atoms. The minimum absolute atomic E-state index is 0.0657. The van der Waals surface area contributed by atoms with Crippen LogP contribution in [0.25, 0.3) is 0 Å². The average molecular weight is 445 g/mol. The van der Waals surface area contributed by atoms with Crippen molar-refractivity contribution >= 4 is 23.4 Å². The Morgan fingerprint density at radius 1 is 0.968 bits per heavy atom. The molecule has 0 spiro atoms. The summed E-state index contributed by atoms with van der Waals surface area (Å²) in [6.07, 6.45) is 3.89. The summed E-state index contributed by atoms with van der Waals surface area (Å²) in [6.45, 7) is 3.18. The van der Waals surface area contributed by atoms with E-state index in [1.807, 2.05) is 17.0 Å². The van der Waals surface area contributed by atoms with E-state index >= 15 is 0 Å². The van der Waals surface area contributed by atoms with Gasteiger partial charge in [0, 0.05) is 37.7 Å². The SMILES string of the molecule is O=C(c1ccc(OC[C@@H]2CCCN(C(=O)c3c(F)cccc3Cl)C2)cc1)N1CCCC1. The molecular formula is C24H26ClFN2O3. The molecule has 5 nitrogen and oxygen atoms in total. The van der Waals surface area contributed by atoms with Crippen molar-refractivity contribution < 1.29 is 18.7 Å². The highest BCUT2D eigenvalue weighted by atomic mass is 35.5. The number of ether oxygens (including phenoxy) is 1. The van der Waals surface area contributed by atoms with Gasteiger partial charge in [0.25, 0.3) is 11.8 Å². The Morgan fingerprint density at radius 2 is 1.68 bits per heavy atom. The predicted molar refractivity (Wildman–Crippen MR) is 117 cm³/mol. The van der Waals surface area contributed by atoms with Crippen LogP contribution in [0.4, 0.5) is 4.39 Å². The molecule has 4 rings (SSSR count). The van der Waals surface area contributed by atoms with Crippen molar-refractivity contribution in [1.82, 2.24) is 9.80 Å². The zero-order valence-electron chi connectivity index (χ0n) is 17.4. The van der Waals surface area contributed by atoms with Gasteiger partial charge in [-0.15, -0.1) is 0 Å². The highest BCUT2D eigenvalue weighted by molar-refractivity contribution is 6.33. The molecule has 2 aromatic carbocycles. The van der Waals surface area contributed by atoms with Gasteiger partial charge in [-0.05, 0) is 62.1 Å². The number of piperidine rings is 1. The van der Waals surface area contributed by atoms with Crippen LogP contribution < -0.4 is 4.74 Å². The Morgan fingerprint density at radius 3 is 2.39 bits per heavy atom. The van der Waals surface area contributed by atoms with Gasteiger partial charge in [0.05, 0.1) is 17.2 Å². The first-order valence-corrected chi connectivity index (χ1v) is 11.2. The second-order valence-corrected chi connectivity index (χ2v) is 8.60. The van der Waals surface area contributed by atoms with E-state index in [1.54, 1.807) is 17.0 Å². The fraction of sp³-hybridized carbons (Fsp3) is 0.417. The van der Waals surface area contributed by atoms with Crippen molar-refractivity contribution in [2.45, 2.75) is 25.7 Å². The van der Waals surface area contributed by atoms with Gasteiger partial charge in [-0.3, -0.25) is 9.59 Å². The van der Waals surface area contributed by atoms with Crippen LogP contribution in [-0.2, 0) is 0 Å². The van der Waals surface area contributed by atoms with Crippen LogP contribution in [0, 0.1) is 11.7 Å². The van der Waals surface area contributed by atoms with Crippen LogP contribution in [0.15, 0.2) is 42.5 Å². The third kappa shape index (κ3) is 5.01. The van der Waals surface area contributed by atoms with E-state index in [4.69, 9.17) is 16.3 Å². The number of likely N-dealkylation sites (tertiary alicyclic amines) is 2. The Kier molecular flexibility index (Phi) is 6.76. The van der Waals surface area contributed by atoms with Gasteiger partial charge in [0.15, 0.2) is 0 Å². The zero-order valence-corrected chi connectivity index (χ0v) is 18.1. The normalized spacial score (nSPS) is 18.8. The molecule has 2 amide bonds. The molecule has 2 fully saturated rings. The van der Waals surface area contributed by atoms with Crippen molar-refractivity contribution in [3.05, 3.63) is 64.4 Å². The lowest BCUT2D eigenvalue weighted by molar-refractivity contribution is 0.0629. The topological polar surface area (TPSA) is 49.9 Å². The molecule has 0 aliphatic carbocycles. The molecule has 0 radical (unpaired) electrons. The molecular weight excluding hydrogens is 419 g/mol. The highest BCUT2D eigenvalue weighted by Crippen LogP contribution is 2.25. The van der Waals surface area contributed by atoms with E-state index < -0.39 is 5.82 Å². The molecule has 2 heterocycles. The standard InChI is InChI=1S/C24H26ClFN2O3/c25-20-6-3-7-21(26)22(20)24(30)28-14-4-5-17(15-28)16-31-19-10-8-18(9-11-19)23(29)27-12-1-2-13-27/h3,6-11,17H,1-2,4-5,12-16H2/t17-/m1/s1. The number of carbonyl (C=O) groups excluding carboxylic acids is 2. The van der Waals surface area contributed by atoms with E-state index in [0.29, 0.717) is 31.0 Å². The first kappa shape index (κ1) is 21.6. The Bertz CT molecular complexity index is 924. The average Bonchev–Trinajstić information content (AvgIpc) is 3.32. The summed E-state index contributed by atoms with van der Waals surface area (Å²) in [5, 5.41) is 0.131. The van der Waals surface area contributed by atoms with Crippen LogP contribution in [0.1, 0.15) is 46.4 Å². The van der Waals surface area contributed by atoms with E-state index in [1.165, 1.54) is 18.2 Å². The van der Waals surface area contributed by atoms with Gasteiger partial charge in [0.2, 0.25) is 0 Å². The molecule has 2 saturated heterocycles. The summed E-state index contributed by atoms with van der Waals surface area (Å²) in [4.78, 5) is 28.8. The number of hydrogen-bond acceptors (Lipinski definition) is 3. The maximum Gasteiger partial charge on any atom is 0.258 e. The van der Waals surface area contributed by atoms with Crippen molar-refractivity contribution in [2.75, 3.05) is 32.8 Å². The second-order valence-electron chi connectivity index (χ2n) is 8.19.